The molecule has 0 saturated carbocycles. The molecular formula is C15H16BrNO3S. The highest BCUT2D eigenvalue weighted by molar-refractivity contribution is 9.10. The largest absolute Gasteiger partial charge is 0.392 e. The highest BCUT2D eigenvalue weighted by Gasteiger charge is 2.17. The summed E-state index contributed by atoms with van der Waals surface area (Å²) in [5.41, 5.74) is 2.56. The molecule has 2 aromatic carbocycles. The Morgan fingerprint density at radius 1 is 1.10 bits per heavy atom. The topological polar surface area (TPSA) is 66.4 Å². The number of rotatable bonds is 5. The van der Waals surface area contributed by atoms with Gasteiger partial charge >= 0.3 is 0 Å². The van der Waals surface area contributed by atoms with Crippen molar-refractivity contribution in [2.24, 2.45) is 0 Å². The lowest BCUT2D eigenvalue weighted by molar-refractivity contribution is 0.281. The van der Waals surface area contributed by atoms with Gasteiger partial charge in [-0.1, -0.05) is 35.9 Å². The Kier molecular flexibility index (Phi) is 5.16. The molecule has 0 aliphatic heterocycles. The number of hydrogen-bond donors (Lipinski definition) is 2. The molecule has 0 aliphatic carbocycles. The van der Waals surface area contributed by atoms with E-state index in [4.69, 9.17) is 5.11 Å². The van der Waals surface area contributed by atoms with E-state index < -0.39 is 10.0 Å². The van der Waals surface area contributed by atoms with E-state index in [0.717, 1.165) is 11.1 Å². The summed E-state index contributed by atoms with van der Waals surface area (Å²) in [4.78, 5) is 0.126. The minimum absolute atomic E-state index is 0.126. The maximum Gasteiger partial charge on any atom is 0.242 e. The van der Waals surface area contributed by atoms with E-state index in [1.165, 1.54) is 6.07 Å². The second-order valence-corrected chi connectivity index (χ2v) is 7.32. The van der Waals surface area contributed by atoms with E-state index in [0.29, 0.717) is 10.0 Å². The Balaban J connectivity index is 2.20. The minimum Gasteiger partial charge on any atom is -0.392 e. The molecule has 0 fully saturated rings. The molecule has 0 amide bonds. The fourth-order valence-corrected chi connectivity index (χ4v) is 3.84. The van der Waals surface area contributed by atoms with Crippen molar-refractivity contribution in [3.8, 4) is 0 Å². The van der Waals surface area contributed by atoms with Crippen LogP contribution < -0.4 is 4.72 Å². The first-order valence-electron chi connectivity index (χ1n) is 6.37. The summed E-state index contributed by atoms with van der Waals surface area (Å²) in [6, 6.07) is 12.4. The molecule has 0 radical (unpaired) electrons. The fourth-order valence-electron chi connectivity index (χ4n) is 1.81. The van der Waals surface area contributed by atoms with Crippen LogP contribution in [0.3, 0.4) is 0 Å². The SMILES string of the molecule is Cc1ccc(CNS(=O)(=O)c2cc(CO)ccc2Br)cc1. The average molecular weight is 370 g/mol. The second-order valence-electron chi connectivity index (χ2n) is 4.73. The van der Waals surface area contributed by atoms with Crippen LogP contribution in [0.25, 0.3) is 0 Å². The molecule has 4 nitrogen and oxygen atoms in total. The number of halogens is 1. The van der Waals surface area contributed by atoms with Crippen LogP contribution in [0.1, 0.15) is 16.7 Å². The molecule has 0 bridgehead atoms. The van der Waals surface area contributed by atoms with Crippen LogP contribution in [-0.4, -0.2) is 13.5 Å². The lowest BCUT2D eigenvalue weighted by Crippen LogP contribution is -2.23. The Bertz CT molecular complexity index is 727. The number of benzene rings is 2. The van der Waals surface area contributed by atoms with Gasteiger partial charge in [0.2, 0.25) is 10.0 Å². The van der Waals surface area contributed by atoms with Crippen molar-refractivity contribution in [2.75, 3.05) is 0 Å². The summed E-state index contributed by atoms with van der Waals surface area (Å²) in [6.07, 6.45) is 0. The van der Waals surface area contributed by atoms with Crippen LogP contribution in [0.15, 0.2) is 51.8 Å². The first-order chi connectivity index (χ1) is 9.92. The highest BCUT2D eigenvalue weighted by Crippen LogP contribution is 2.23. The predicted molar refractivity (Wildman–Crippen MR) is 85.3 cm³/mol. The zero-order valence-electron chi connectivity index (χ0n) is 11.5. The standard InChI is InChI=1S/C15H16BrNO3S/c1-11-2-4-12(5-3-11)9-17-21(19,20)15-8-13(10-18)6-7-14(15)16/h2-8,17-18H,9-10H2,1H3. The van der Waals surface area contributed by atoms with Crippen LogP contribution in [0.4, 0.5) is 0 Å². The van der Waals surface area contributed by atoms with Gasteiger partial charge in [0.05, 0.1) is 11.5 Å². The van der Waals surface area contributed by atoms with Gasteiger partial charge in [0.25, 0.3) is 0 Å². The zero-order chi connectivity index (χ0) is 15.5. The van der Waals surface area contributed by atoms with E-state index in [2.05, 4.69) is 20.7 Å². The molecule has 0 unspecified atom stereocenters. The van der Waals surface area contributed by atoms with Crippen LogP contribution in [0, 0.1) is 6.92 Å². The summed E-state index contributed by atoms with van der Waals surface area (Å²) < 4.78 is 27.7. The Hall–Kier alpha value is -1.21. The predicted octanol–water partition coefficient (Wildman–Crippen LogP) is 2.73. The molecule has 2 aromatic rings. The van der Waals surface area contributed by atoms with Crippen LogP contribution in [0.2, 0.25) is 0 Å². The smallest absolute Gasteiger partial charge is 0.242 e. The number of aryl methyl sites for hydroxylation is 1. The first kappa shape index (κ1) is 16.2. The van der Waals surface area contributed by atoms with Crippen molar-refractivity contribution in [3.05, 3.63) is 63.6 Å². The summed E-state index contributed by atoms with van der Waals surface area (Å²) in [7, 11) is -3.64. The van der Waals surface area contributed by atoms with Crippen molar-refractivity contribution < 1.29 is 13.5 Å². The van der Waals surface area contributed by atoms with Crippen molar-refractivity contribution in [1.29, 1.82) is 0 Å². The number of sulfonamides is 1. The lowest BCUT2D eigenvalue weighted by atomic mass is 10.2. The van der Waals surface area contributed by atoms with Gasteiger partial charge in [-0.3, -0.25) is 0 Å². The van der Waals surface area contributed by atoms with E-state index in [9.17, 15) is 8.42 Å². The quantitative estimate of drug-likeness (QED) is 0.851. The van der Waals surface area contributed by atoms with Crippen LogP contribution in [0.5, 0.6) is 0 Å². The normalized spacial score (nSPS) is 11.6. The number of aliphatic hydroxyl groups is 1. The van der Waals surface area contributed by atoms with Crippen molar-refractivity contribution in [1.82, 2.24) is 4.72 Å². The molecule has 0 saturated heterocycles. The number of aliphatic hydroxyl groups excluding tert-OH is 1. The molecule has 0 heterocycles. The van der Waals surface area contributed by atoms with Gasteiger partial charge in [-0.2, -0.15) is 0 Å². The molecule has 2 rings (SSSR count). The Morgan fingerprint density at radius 2 is 1.71 bits per heavy atom. The third kappa shape index (κ3) is 4.14. The lowest BCUT2D eigenvalue weighted by Gasteiger charge is -2.10. The molecule has 0 spiro atoms. The number of hydrogen-bond acceptors (Lipinski definition) is 3. The van der Waals surface area contributed by atoms with Gasteiger partial charge in [0.1, 0.15) is 0 Å². The summed E-state index contributed by atoms with van der Waals surface area (Å²) in [6.45, 7) is 2.00. The van der Waals surface area contributed by atoms with Gasteiger partial charge in [-0.05, 0) is 46.1 Å². The van der Waals surface area contributed by atoms with Gasteiger partial charge in [0.15, 0.2) is 0 Å². The van der Waals surface area contributed by atoms with Crippen LogP contribution >= 0.6 is 15.9 Å². The first-order valence-corrected chi connectivity index (χ1v) is 8.64. The summed E-state index contributed by atoms with van der Waals surface area (Å²) >= 11 is 3.23. The fraction of sp³-hybridized carbons (Fsp3) is 0.200. The number of nitrogens with one attached hydrogen (secondary N) is 1. The zero-order valence-corrected chi connectivity index (χ0v) is 13.9. The molecule has 0 aromatic heterocycles. The highest BCUT2D eigenvalue weighted by atomic mass is 79.9. The molecule has 0 atom stereocenters. The molecule has 21 heavy (non-hydrogen) atoms. The van der Waals surface area contributed by atoms with Crippen molar-refractivity contribution in [3.63, 3.8) is 0 Å². The molecule has 6 heteroatoms. The summed E-state index contributed by atoms with van der Waals surface area (Å²) in [5, 5.41) is 9.12. The van der Waals surface area contributed by atoms with Gasteiger partial charge in [-0.15, -0.1) is 0 Å². The van der Waals surface area contributed by atoms with E-state index in [1.54, 1.807) is 12.1 Å². The Labute approximate surface area is 133 Å². The maximum atomic E-state index is 12.3. The van der Waals surface area contributed by atoms with Gasteiger partial charge < -0.3 is 5.11 Å². The third-order valence-corrected chi connectivity index (χ3v) is 5.45. The Morgan fingerprint density at radius 3 is 2.33 bits per heavy atom. The molecule has 112 valence electrons. The molecule has 2 N–H and O–H groups in total. The van der Waals surface area contributed by atoms with Crippen molar-refractivity contribution in [2.45, 2.75) is 25.0 Å². The van der Waals surface area contributed by atoms with Crippen LogP contribution in [-0.2, 0) is 23.2 Å². The summed E-state index contributed by atoms with van der Waals surface area (Å²) in [5.74, 6) is 0. The van der Waals surface area contributed by atoms with Crippen molar-refractivity contribution >= 4 is 26.0 Å². The third-order valence-electron chi connectivity index (χ3n) is 3.05. The van der Waals surface area contributed by atoms with Gasteiger partial charge in [-0.25, -0.2) is 13.1 Å². The second kappa shape index (κ2) is 6.70. The van der Waals surface area contributed by atoms with E-state index in [1.807, 2.05) is 31.2 Å². The van der Waals surface area contributed by atoms with E-state index in [-0.39, 0.29) is 18.0 Å². The monoisotopic (exact) mass is 369 g/mol. The van der Waals surface area contributed by atoms with E-state index >= 15 is 0 Å². The minimum atomic E-state index is -3.64. The molecular weight excluding hydrogens is 354 g/mol. The molecule has 0 aliphatic rings. The van der Waals surface area contributed by atoms with Gasteiger partial charge in [0, 0.05) is 11.0 Å². The average Bonchev–Trinajstić information content (AvgIpc) is 2.47. The maximum absolute atomic E-state index is 12.3.